The van der Waals surface area contributed by atoms with Crippen molar-refractivity contribution in [1.82, 2.24) is 4.90 Å². The third-order valence-electron chi connectivity index (χ3n) is 3.07. The van der Waals surface area contributed by atoms with E-state index < -0.39 is 0 Å². The average Bonchev–Trinajstić information content (AvgIpc) is 2.18. The maximum absolute atomic E-state index is 9.54. The van der Waals surface area contributed by atoms with Crippen LogP contribution in [0.3, 0.4) is 0 Å². The largest absolute Gasteiger partial charge is 0.393 e. The number of halogens is 2. The molecule has 0 heterocycles. The summed E-state index contributed by atoms with van der Waals surface area (Å²) in [5.74, 6) is 0. The Morgan fingerprint density at radius 1 is 1.12 bits per heavy atom. The molecule has 0 rings (SSSR count). The van der Waals surface area contributed by atoms with Gasteiger partial charge in [0.15, 0.2) is 0 Å². The van der Waals surface area contributed by atoms with Gasteiger partial charge in [-0.05, 0) is 39.3 Å². The van der Waals surface area contributed by atoms with E-state index in [0.717, 1.165) is 38.8 Å². The Hall–Kier alpha value is 0.500. The first kappa shape index (κ1) is 19.8. The topological polar surface area (TPSA) is 23.5 Å². The molecular formula is C13H29Cl2NO. The van der Waals surface area contributed by atoms with Crippen molar-refractivity contribution in [1.29, 1.82) is 0 Å². The summed E-state index contributed by atoms with van der Waals surface area (Å²) in [6.45, 7) is 10.4. The fourth-order valence-electron chi connectivity index (χ4n) is 2.25. The lowest BCUT2D eigenvalue weighted by Gasteiger charge is -2.32. The quantitative estimate of drug-likeness (QED) is 0.653. The lowest BCUT2D eigenvalue weighted by Crippen LogP contribution is -2.38. The molecule has 1 N–H and O–H groups in total. The standard InChI is InChI=1S/C13H28ClNO.ClH/c1-5-8-12(14)10-13(9-11(4)16)15(6-2)7-3;/h11-13,16H,5-10H2,1-4H3;1H. The molecule has 0 aromatic rings. The van der Waals surface area contributed by atoms with E-state index in [1.165, 1.54) is 0 Å². The minimum atomic E-state index is -0.240. The van der Waals surface area contributed by atoms with Gasteiger partial charge in [0.05, 0.1) is 6.10 Å². The van der Waals surface area contributed by atoms with E-state index in [2.05, 4.69) is 25.7 Å². The molecule has 0 saturated carbocycles. The van der Waals surface area contributed by atoms with Crippen LogP contribution in [0.15, 0.2) is 0 Å². The Kier molecular flexibility index (Phi) is 13.5. The van der Waals surface area contributed by atoms with Crippen molar-refractivity contribution in [3.63, 3.8) is 0 Å². The SMILES string of the molecule is CCCC(Cl)CC(CC(C)O)N(CC)CC.Cl. The number of rotatable bonds is 9. The number of alkyl halides is 1. The molecule has 4 heteroatoms. The maximum atomic E-state index is 9.54. The molecule has 0 amide bonds. The molecule has 0 bridgehead atoms. The molecule has 106 valence electrons. The summed E-state index contributed by atoms with van der Waals surface area (Å²) in [4.78, 5) is 2.40. The molecule has 0 aromatic heterocycles. The first-order valence-electron chi connectivity index (χ1n) is 6.61. The fraction of sp³-hybridized carbons (Fsp3) is 1.00. The highest BCUT2D eigenvalue weighted by Crippen LogP contribution is 2.19. The van der Waals surface area contributed by atoms with Gasteiger partial charge in [0.1, 0.15) is 0 Å². The molecule has 0 fully saturated rings. The van der Waals surface area contributed by atoms with E-state index in [0.29, 0.717) is 6.04 Å². The summed E-state index contributed by atoms with van der Waals surface area (Å²) in [7, 11) is 0. The summed E-state index contributed by atoms with van der Waals surface area (Å²) < 4.78 is 0. The van der Waals surface area contributed by atoms with Gasteiger partial charge in [-0.15, -0.1) is 24.0 Å². The van der Waals surface area contributed by atoms with Crippen LogP contribution in [-0.4, -0.2) is 40.6 Å². The van der Waals surface area contributed by atoms with Crippen LogP contribution in [-0.2, 0) is 0 Å². The van der Waals surface area contributed by atoms with Crippen LogP contribution in [0.1, 0.15) is 53.4 Å². The second kappa shape index (κ2) is 11.6. The lowest BCUT2D eigenvalue weighted by molar-refractivity contribution is 0.112. The minimum Gasteiger partial charge on any atom is -0.393 e. The third-order valence-corrected chi connectivity index (χ3v) is 3.47. The number of hydrogen-bond donors (Lipinski definition) is 1. The molecule has 3 atom stereocenters. The highest BCUT2D eigenvalue weighted by atomic mass is 35.5. The summed E-state index contributed by atoms with van der Waals surface area (Å²) >= 11 is 6.31. The van der Waals surface area contributed by atoms with Crippen molar-refractivity contribution in [3.8, 4) is 0 Å². The van der Waals surface area contributed by atoms with Gasteiger partial charge in [-0.1, -0.05) is 27.2 Å². The zero-order valence-corrected chi connectivity index (χ0v) is 13.2. The van der Waals surface area contributed by atoms with E-state index in [1.54, 1.807) is 0 Å². The predicted octanol–water partition coefficient (Wildman–Crippen LogP) is 3.69. The first-order chi connectivity index (χ1) is 7.54. The van der Waals surface area contributed by atoms with Crippen molar-refractivity contribution in [3.05, 3.63) is 0 Å². The zero-order valence-electron chi connectivity index (χ0n) is 11.7. The second-order valence-electron chi connectivity index (χ2n) is 4.58. The molecule has 0 aliphatic carbocycles. The maximum Gasteiger partial charge on any atom is 0.0527 e. The van der Waals surface area contributed by atoms with Crippen LogP contribution in [0.5, 0.6) is 0 Å². The van der Waals surface area contributed by atoms with Gasteiger partial charge in [0, 0.05) is 11.4 Å². The highest BCUT2D eigenvalue weighted by Gasteiger charge is 2.20. The van der Waals surface area contributed by atoms with Gasteiger partial charge in [0.25, 0.3) is 0 Å². The van der Waals surface area contributed by atoms with Gasteiger partial charge in [0.2, 0.25) is 0 Å². The summed E-state index contributed by atoms with van der Waals surface area (Å²) in [5.41, 5.74) is 0. The van der Waals surface area contributed by atoms with E-state index >= 15 is 0 Å². The Balaban J connectivity index is 0. The highest BCUT2D eigenvalue weighted by molar-refractivity contribution is 6.20. The van der Waals surface area contributed by atoms with E-state index in [9.17, 15) is 5.11 Å². The van der Waals surface area contributed by atoms with Crippen LogP contribution >= 0.6 is 24.0 Å². The van der Waals surface area contributed by atoms with Crippen LogP contribution in [0.4, 0.5) is 0 Å². The molecule has 17 heavy (non-hydrogen) atoms. The molecule has 0 aromatic carbocycles. The van der Waals surface area contributed by atoms with E-state index in [1.807, 2.05) is 6.92 Å². The summed E-state index contributed by atoms with van der Waals surface area (Å²) in [5, 5.41) is 9.78. The van der Waals surface area contributed by atoms with Crippen molar-refractivity contribution in [2.24, 2.45) is 0 Å². The first-order valence-corrected chi connectivity index (χ1v) is 7.04. The van der Waals surface area contributed by atoms with Crippen molar-refractivity contribution >= 4 is 24.0 Å². The molecule has 3 unspecified atom stereocenters. The van der Waals surface area contributed by atoms with Crippen molar-refractivity contribution < 1.29 is 5.11 Å². The van der Waals surface area contributed by atoms with E-state index in [-0.39, 0.29) is 23.9 Å². The summed E-state index contributed by atoms with van der Waals surface area (Å²) in [6.07, 6.45) is 3.78. The lowest BCUT2D eigenvalue weighted by atomic mass is 10.0. The Bertz CT molecular complexity index is 163. The van der Waals surface area contributed by atoms with E-state index in [4.69, 9.17) is 11.6 Å². The Morgan fingerprint density at radius 3 is 2.00 bits per heavy atom. The fourth-order valence-corrected chi connectivity index (χ4v) is 2.68. The van der Waals surface area contributed by atoms with Crippen LogP contribution in [0.25, 0.3) is 0 Å². The van der Waals surface area contributed by atoms with Gasteiger partial charge in [-0.25, -0.2) is 0 Å². The smallest absolute Gasteiger partial charge is 0.0527 e. The average molecular weight is 286 g/mol. The zero-order chi connectivity index (χ0) is 12.6. The normalized spacial score (nSPS) is 16.4. The molecule has 0 aliphatic heterocycles. The molecule has 0 aliphatic rings. The number of nitrogens with zero attached hydrogens (tertiary/aromatic N) is 1. The third kappa shape index (κ3) is 9.12. The number of aliphatic hydroxyl groups excluding tert-OH is 1. The van der Waals surface area contributed by atoms with Gasteiger partial charge in [-0.3, -0.25) is 0 Å². The van der Waals surface area contributed by atoms with Gasteiger partial charge >= 0.3 is 0 Å². The molecule has 2 nitrogen and oxygen atoms in total. The molecule has 0 radical (unpaired) electrons. The molecular weight excluding hydrogens is 257 g/mol. The van der Waals surface area contributed by atoms with Gasteiger partial charge in [-0.2, -0.15) is 0 Å². The number of aliphatic hydroxyl groups is 1. The van der Waals surface area contributed by atoms with Crippen molar-refractivity contribution in [2.45, 2.75) is 70.9 Å². The van der Waals surface area contributed by atoms with Crippen LogP contribution < -0.4 is 0 Å². The van der Waals surface area contributed by atoms with Crippen LogP contribution in [0.2, 0.25) is 0 Å². The summed E-state index contributed by atoms with van der Waals surface area (Å²) in [6, 6.07) is 0.420. The monoisotopic (exact) mass is 285 g/mol. The molecule has 0 spiro atoms. The van der Waals surface area contributed by atoms with Crippen LogP contribution in [0, 0.1) is 0 Å². The minimum absolute atomic E-state index is 0. The van der Waals surface area contributed by atoms with Crippen molar-refractivity contribution in [2.75, 3.05) is 13.1 Å². The number of hydrogen-bond acceptors (Lipinski definition) is 2. The molecule has 0 saturated heterocycles. The Morgan fingerprint density at radius 2 is 1.65 bits per heavy atom. The van der Waals surface area contributed by atoms with Gasteiger partial charge < -0.3 is 10.0 Å². The predicted molar refractivity (Wildman–Crippen MR) is 79.4 cm³/mol. The second-order valence-corrected chi connectivity index (χ2v) is 5.20. The Labute approximate surface area is 118 Å².